The van der Waals surface area contributed by atoms with Crippen LogP contribution in [0.4, 0.5) is 4.79 Å². The predicted octanol–water partition coefficient (Wildman–Crippen LogP) is 3.28. The fraction of sp³-hybridized carbons (Fsp3) is 0.389. The van der Waals surface area contributed by atoms with Gasteiger partial charge < -0.3 is 10.6 Å². The molecule has 0 aliphatic heterocycles. The third-order valence-corrected chi connectivity index (χ3v) is 4.15. The average molecular weight is 310 g/mol. The Morgan fingerprint density at radius 3 is 2.65 bits per heavy atom. The zero-order chi connectivity index (χ0) is 15.9. The lowest BCUT2D eigenvalue weighted by molar-refractivity contribution is 0.232. The molecule has 120 valence electrons. The molecule has 0 aromatic carbocycles. The fourth-order valence-corrected chi connectivity index (χ4v) is 2.90. The molecule has 0 unspecified atom stereocenters. The van der Waals surface area contributed by atoms with E-state index in [1.165, 1.54) is 19.3 Å². The van der Waals surface area contributed by atoms with Gasteiger partial charge in [-0.15, -0.1) is 0 Å². The van der Waals surface area contributed by atoms with E-state index in [0.29, 0.717) is 12.6 Å². The first-order valence-corrected chi connectivity index (χ1v) is 8.22. The second-order valence-corrected chi connectivity index (χ2v) is 5.93. The first-order valence-electron chi connectivity index (χ1n) is 8.22. The van der Waals surface area contributed by atoms with Crippen molar-refractivity contribution < 1.29 is 4.79 Å². The van der Waals surface area contributed by atoms with Crippen molar-refractivity contribution in [2.24, 2.45) is 0 Å². The van der Waals surface area contributed by atoms with Crippen molar-refractivity contribution in [1.29, 1.82) is 0 Å². The molecule has 5 heteroatoms. The fourth-order valence-electron chi connectivity index (χ4n) is 2.90. The minimum Gasteiger partial charge on any atom is -0.335 e. The molecule has 5 nitrogen and oxygen atoms in total. The molecule has 2 amide bonds. The van der Waals surface area contributed by atoms with E-state index in [0.717, 1.165) is 29.8 Å². The van der Waals surface area contributed by atoms with Gasteiger partial charge in [-0.2, -0.15) is 0 Å². The van der Waals surface area contributed by atoms with Crippen LogP contribution in [0.15, 0.2) is 42.7 Å². The summed E-state index contributed by atoms with van der Waals surface area (Å²) >= 11 is 0. The summed E-state index contributed by atoms with van der Waals surface area (Å²) in [6.07, 6.45) is 9.39. The zero-order valence-electron chi connectivity index (χ0n) is 13.2. The highest BCUT2D eigenvalue weighted by Crippen LogP contribution is 2.17. The van der Waals surface area contributed by atoms with Gasteiger partial charge in [-0.25, -0.2) is 4.79 Å². The lowest BCUT2D eigenvalue weighted by Crippen LogP contribution is -2.42. The van der Waals surface area contributed by atoms with Crippen molar-refractivity contribution >= 4 is 6.03 Å². The van der Waals surface area contributed by atoms with Gasteiger partial charge in [0.05, 0.1) is 11.4 Å². The zero-order valence-corrected chi connectivity index (χ0v) is 13.2. The standard InChI is InChI=1S/C18H22N4O/c23-18(22-15-6-2-1-3-7-15)21-13-14-9-11-20-17(12-14)16-8-4-5-10-19-16/h4-5,8-12,15H,1-3,6-7,13H2,(H2,21,22,23). The van der Waals surface area contributed by atoms with Crippen LogP contribution in [0, 0.1) is 0 Å². The molecule has 1 aliphatic carbocycles. The number of rotatable bonds is 4. The number of hydrogen-bond donors (Lipinski definition) is 2. The van der Waals surface area contributed by atoms with E-state index in [4.69, 9.17) is 0 Å². The van der Waals surface area contributed by atoms with Crippen LogP contribution < -0.4 is 10.6 Å². The van der Waals surface area contributed by atoms with Gasteiger partial charge in [0.1, 0.15) is 0 Å². The summed E-state index contributed by atoms with van der Waals surface area (Å²) in [5.74, 6) is 0. The van der Waals surface area contributed by atoms with Crippen molar-refractivity contribution in [3.05, 3.63) is 48.3 Å². The largest absolute Gasteiger partial charge is 0.335 e. The summed E-state index contributed by atoms with van der Waals surface area (Å²) in [6.45, 7) is 0.487. The Labute approximate surface area is 136 Å². The van der Waals surface area contributed by atoms with E-state index in [1.807, 2.05) is 30.3 Å². The summed E-state index contributed by atoms with van der Waals surface area (Å²) in [6, 6.07) is 9.85. The highest BCUT2D eigenvalue weighted by atomic mass is 16.2. The Morgan fingerprint density at radius 2 is 1.87 bits per heavy atom. The number of urea groups is 1. The Bertz CT molecular complexity index is 638. The maximum absolute atomic E-state index is 12.0. The maximum atomic E-state index is 12.0. The number of hydrogen-bond acceptors (Lipinski definition) is 3. The lowest BCUT2D eigenvalue weighted by atomic mass is 9.96. The summed E-state index contributed by atoms with van der Waals surface area (Å²) in [4.78, 5) is 20.6. The molecule has 0 radical (unpaired) electrons. The van der Waals surface area contributed by atoms with E-state index >= 15 is 0 Å². The Balaban J connectivity index is 1.55. The van der Waals surface area contributed by atoms with Gasteiger partial charge >= 0.3 is 6.03 Å². The number of carbonyl (C=O) groups excluding carboxylic acids is 1. The highest BCUT2D eigenvalue weighted by Gasteiger charge is 2.15. The third kappa shape index (κ3) is 4.52. The lowest BCUT2D eigenvalue weighted by Gasteiger charge is -2.22. The van der Waals surface area contributed by atoms with Crippen LogP contribution in [-0.2, 0) is 6.54 Å². The van der Waals surface area contributed by atoms with Gasteiger partial charge in [0.25, 0.3) is 0 Å². The maximum Gasteiger partial charge on any atom is 0.315 e. The number of pyridine rings is 2. The van der Waals surface area contributed by atoms with Crippen molar-refractivity contribution in [1.82, 2.24) is 20.6 Å². The Kier molecular flexibility index (Phi) is 5.19. The number of nitrogens with zero attached hydrogens (tertiary/aromatic N) is 2. The molecule has 23 heavy (non-hydrogen) atoms. The Morgan fingerprint density at radius 1 is 1.04 bits per heavy atom. The first kappa shape index (κ1) is 15.5. The molecule has 3 rings (SSSR count). The molecular weight excluding hydrogens is 288 g/mol. The summed E-state index contributed by atoms with van der Waals surface area (Å²) in [5.41, 5.74) is 2.66. The molecule has 2 N–H and O–H groups in total. The normalized spacial score (nSPS) is 15.1. The number of carbonyl (C=O) groups is 1. The van der Waals surface area contributed by atoms with Crippen LogP contribution in [0.2, 0.25) is 0 Å². The molecular formula is C18H22N4O. The SMILES string of the molecule is O=C(NCc1ccnc(-c2ccccn2)c1)NC1CCCCC1. The van der Waals surface area contributed by atoms with E-state index < -0.39 is 0 Å². The molecule has 0 atom stereocenters. The van der Waals surface area contributed by atoms with Crippen molar-refractivity contribution in [2.75, 3.05) is 0 Å². The molecule has 1 saturated carbocycles. The highest BCUT2D eigenvalue weighted by molar-refractivity contribution is 5.74. The van der Waals surface area contributed by atoms with E-state index in [2.05, 4.69) is 20.6 Å². The Hall–Kier alpha value is -2.43. The van der Waals surface area contributed by atoms with Crippen LogP contribution in [0.3, 0.4) is 0 Å². The van der Waals surface area contributed by atoms with E-state index in [-0.39, 0.29) is 6.03 Å². The van der Waals surface area contributed by atoms with Crippen LogP contribution in [-0.4, -0.2) is 22.0 Å². The smallest absolute Gasteiger partial charge is 0.315 e. The molecule has 2 aromatic heterocycles. The number of amides is 2. The van der Waals surface area contributed by atoms with E-state index in [9.17, 15) is 4.79 Å². The van der Waals surface area contributed by atoms with Gasteiger partial charge in [-0.05, 0) is 42.7 Å². The van der Waals surface area contributed by atoms with Crippen molar-refractivity contribution in [3.8, 4) is 11.4 Å². The van der Waals surface area contributed by atoms with Gasteiger partial charge in [-0.1, -0.05) is 25.3 Å². The van der Waals surface area contributed by atoms with Crippen molar-refractivity contribution in [2.45, 2.75) is 44.7 Å². The monoisotopic (exact) mass is 310 g/mol. The molecule has 0 saturated heterocycles. The van der Waals surface area contributed by atoms with Crippen molar-refractivity contribution in [3.63, 3.8) is 0 Å². The number of aromatic nitrogens is 2. The second-order valence-electron chi connectivity index (χ2n) is 5.93. The first-order chi connectivity index (χ1) is 11.3. The molecule has 0 spiro atoms. The van der Waals surface area contributed by atoms with Crippen LogP contribution in [0.5, 0.6) is 0 Å². The second kappa shape index (κ2) is 7.72. The summed E-state index contributed by atoms with van der Waals surface area (Å²) in [5, 5.41) is 5.98. The predicted molar refractivity (Wildman–Crippen MR) is 89.7 cm³/mol. The van der Waals surface area contributed by atoms with Gasteiger partial charge in [0.15, 0.2) is 0 Å². The molecule has 2 aromatic rings. The molecule has 2 heterocycles. The minimum absolute atomic E-state index is 0.0897. The van der Waals surface area contributed by atoms with Gasteiger partial charge in [-0.3, -0.25) is 9.97 Å². The molecule has 1 fully saturated rings. The summed E-state index contributed by atoms with van der Waals surface area (Å²) in [7, 11) is 0. The van der Waals surface area contributed by atoms with Crippen LogP contribution in [0.1, 0.15) is 37.7 Å². The quantitative estimate of drug-likeness (QED) is 0.910. The molecule has 0 bridgehead atoms. The average Bonchev–Trinajstić information content (AvgIpc) is 2.62. The minimum atomic E-state index is -0.0897. The third-order valence-electron chi connectivity index (χ3n) is 4.15. The van der Waals surface area contributed by atoms with E-state index in [1.54, 1.807) is 12.4 Å². The van der Waals surface area contributed by atoms with Gasteiger partial charge in [0, 0.05) is 25.0 Å². The van der Waals surface area contributed by atoms with Crippen LogP contribution >= 0.6 is 0 Å². The number of nitrogens with one attached hydrogen (secondary N) is 2. The molecule has 1 aliphatic rings. The summed E-state index contributed by atoms with van der Waals surface area (Å²) < 4.78 is 0. The van der Waals surface area contributed by atoms with Crippen LogP contribution in [0.25, 0.3) is 11.4 Å². The van der Waals surface area contributed by atoms with Gasteiger partial charge in [0.2, 0.25) is 0 Å². The topological polar surface area (TPSA) is 66.9 Å².